The molecule has 0 atom stereocenters. The van der Waals surface area contributed by atoms with Gasteiger partial charge in [0.1, 0.15) is 0 Å². The lowest BCUT2D eigenvalue weighted by Crippen LogP contribution is -2.14. The Hall–Kier alpha value is -1.65. The third-order valence-corrected chi connectivity index (χ3v) is 4.05. The molecule has 5 heteroatoms. The molecule has 0 bridgehead atoms. The van der Waals surface area contributed by atoms with Gasteiger partial charge in [-0.15, -0.1) is 0 Å². The molecule has 0 aromatic heterocycles. The summed E-state index contributed by atoms with van der Waals surface area (Å²) in [6.45, 7) is 1.46. The Morgan fingerprint density at radius 2 is 1.70 bits per heavy atom. The molecule has 2 aromatic carbocycles. The first-order valence-corrected chi connectivity index (χ1v) is 7.03. The predicted molar refractivity (Wildman–Crippen MR) is 83.6 cm³/mol. The topological polar surface area (TPSA) is 46.2 Å². The zero-order chi connectivity index (χ0) is 14.7. The lowest BCUT2D eigenvalue weighted by Gasteiger charge is -2.10. The van der Waals surface area contributed by atoms with Crippen LogP contribution in [0.25, 0.3) is 0 Å². The van der Waals surface area contributed by atoms with Crippen molar-refractivity contribution < 1.29 is 9.59 Å². The Morgan fingerprint density at radius 1 is 1.05 bits per heavy atom. The van der Waals surface area contributed by atoms with Gasteiger partial charge < -0.3 is 5.32 Å². The molecule has 20 heavy (non-hydrogen) atoms. The number of anilines is 1. The minimum absolute atomic E-state index is 0.110. The number of hydrogen-bond donors (Lipinski definition) is 1. The van der Waals surface area contributed by atoms with E-state index in [1.54, 1.807) is 42.5 Å². The van der Waals surface area contributed by atoms with Crippen LogP contribution in [0.3, 0.4) is 0 Å². The van der Waals surface area contributed by atoms with Crippen LogP contribution in [0.2, 0.25) is 5.02 Å². The number of carbonyl (C=O) groups is 2. The molecular weight excluding hydrogens is 342 g/mol. The van der Waals surface area contributed by atoms with Crippen molar-refractivity contribution in [1.82, 2.24) is 0 Å². The van der Waals surface area contributed by atoms with E-state index in [1.807, 2.05) is 0 Å². The van der Waals surface area contributed by atoms with Crippen molar-refractivity contribution in [2.75, 3.05) is 5.32 Å². The van der Waals surface area contributed by atoms with Crippen molar-refractivity contribution in [3.05, 3.63) is 63.1 Å². The van der Waals surface area contributed by atoms with Gasteiger partial charge in [0.2, 0.25) is 0 Å². The third-order valence-electron chi connectivity index (χ3n) is 2.75. The quantitative estimate of drug-likeness (QED) is 0.823. The van der Waals surface area contributed by atoms with Crippen molar-refractivity contribution in [2.45, 2.75) is 6.92 Å². The first kappa shape index (κ1) is 14.8. The Kier molecular flexibility index (Phi) is 4.57. The molecule has 0 heterocycles. The van der Waals surface area contributed by atoms with Crippen LogP contribution in [0.1, 0.15) is 27.6 Å². The first-order chi connectivity index (χ1) is 9.50. The van der Waals surface area contributed by atoms with Crippen molar-refractivity contribution in [3.63, 3.8) is 0 Å². The van der Waals surface area contributed by atoms with Crippen molar-refractivity contribution in [3.8, 4) is 0 Å². The fourth-order valence-electron chi connectivity index (χ4n) is 1.77. The molecule has 0 spiro atoms. The van der Waals surface area contributed by atoms with E-state index in [4.69, 9.17) is 11.6 Å². The van der Waals surface area contributed by atoms with E-state index >= 15 is 0 Å². The molecule has 2 aromatic rings. The maximum absolute atomic E-state index is 12.2. The highest BCUT2D eigenvalue weighted by atomic mass is 79.9. The van der Waals surface area contributed by atoms with E-state index < -0.39 is 0 Å². The van der Waals surface area contributed by atoms with Gasteiger partial charge in [0.15, 0.2) is 5.78 Å². The van der Waals surface area contributed by atoms with Crippen LogP contribution in [0.4, 0.5) is 5.69 Å². The van der Waals surface area contributed by atoms with Crippen molar-refractivity contribution in [2.24, 2.45) is 0 Å². The Morgan fingerprint density at radius 3 is 2.40 bits per heavy atom. The van der Waals surface area contributed by atoms with Crippen LogP contribution in [0.15, 0.2) is 46.9 Å². The van der Waals surface area contributed by atoms with E-state index in [9.17, 15) is 9.59 Å². The lowest BCUT2D eigenvalue weighted by atomic mass is 10.1. The maximum Gasteiger partial charge on any atom is 0.257 e. The summed E-state index contributed by atoms with van der Waals surface area (Å²) in [5, 5.41) is 3.05. The van der Waals surface area contributed by atoms with Crippen molar-refractivity contribution >= 4 is 44.9 Å². The van der Waals surface area contributed by atoms with Gasteiger partial charge in [-0.3, -0.25) is 9.59 Å². The standard InChI is InChI=1S/C15H11BrClNO2/c1-9(19)10-5-2-3-8-13(10)18-15(20)11-6-4-7-12(16)14(11)17/h2-8H,1H3,(H,18,20). The number of benzene rings is 2. The van der Waals surface area contributed by atoms with E-state index in [1.165, 1.54) is 6.92 Å². The Bertz CT molecular complexity index is 685. The molecule has 0 radical (unpaired) electrons. The summed E-state index contributed by atoms with van der Waals surface area (Å²) in [5.41, 5.74) is 1.28. The second-order valence-corrected chi connectivity index (χ2v) is 5.39. The molecule has 0 aliphatic heterocycles. The summed E-state index contributed by atoms with van der Waals surface area (Å²) in [6.07, 6.45) is 0. The number of nitrogens with one attached hydrogen (secondary N) is 1. The van der Waals surface area contributed by atoms with Gasteiger partial charge in [0.25, 0.3) is 5.91 Å². The van der Waals surface area contributed by atoms with Crippen molar-refractivity contribution in [1.29, 1.82) is 0 Å². The average Bonchev–Trinajstić information content (AvgIpc) is 2.42. The van der Waals surface area contributed by atoms with Gasteiger partial charge in [-0.1, -0.05) is 29.8 Å². The predicted octanol–water partition coefficient (Wildman–Crippen LogP) is 4.56. The fourth-order valence-corrected chi connectivity index (χ4v) is 2.35. The number of para-hydroxylation sites is 1. The van der Waals surface area contributed by atoms with Crippen LogP contribution in [0.5, 0.6) is 0 Å². The molecule has 102 valence electrons. The number of hydrogen-bond acceptors (Lipinski definition) is 2. The Balaban J connectivity index is 2.33. The van der Waals surface area contributed by atoms with Crippen LogP contribution >= 0.6 is 27.5 Å². The van der Waals surface area contributed by atoms with E-state index in [-0.39, 0.29) is 11.7 Å². The minimum atomic E-state index is -0.356. The molecule has 0 unspecified atom stereocenters. The van der Waals surface area contributed by atoms with Gasteiger partial charge in [0, 0.05) is 10.0 Å². The normalized spacial score (nSPS) is 10.2. The largest absolute Gasteiger partial charge is 0.321 e. The molecule has 3 nitrogen and oxygen atoms in total. The lowest BCUT2D eigenvalue weighted by molar-refractivity contribution is 0.101. The second kappa shape index (κ2) is 6.20. The van der Waals surface area contributed by atoms with Gasteiger partial charge in [-0.2, -0.15) is 0 Å². The number of halogens is 2. The first-order valence-electron chi connectivity index (χ1n) is 5.86. The number of Topliss-reactive ketones (excluding diaryl/α,β-unsaturated/α-hetero) is 1. The van der Waals surface area contributed by atoms with Crippen LogP contribution in [-0.4, -0.2) is 11.7 Å². The van der Waals surface area contributed by atoms with Gasteiger partial charge in [0.05, 0.1) is 16.3 Å². The van der Waals surface area contributed by atoms with Crippen LogP contribution < -0.4 is 5.32 Å². The second-order valence-electron chi connectivity index (χ2n) is 4.16. The fraction of sp³-hybridized carbons (Fsp3) is 0.0667. The summed E-state index contributed by atoms with van der Waals surface area (Å²) in [5.74, 6) is -0.466. The molecule has 2 rings (SSSR count). The smallest absolute Gasteiger partial charge is 0.257 e. The molecule has 0 aliphatic rings. The molecule has 0 fully saturated rings. The summed E-state index contributed by atoms with van der Waals surface area (Å²) in [4.78, 5) is 23.8. The van der Waals surface area contributed by atoms with E-state index in [2.05, 4.69) is 21.2 Å². The Labute approximate surface area is 130 Å². The average molecular weight is 353 g/mol. The molecular formula is C15H11BrClNO2. The van der Waals surface area contributed by atoms with Gasteiger partial charge in [-0.25, -0.2) is 0 Å². The van der Waals surface area contributed by atoms with Crippen LogP contribution in [-0.2, 0) is 0 Å². The maximum atomic E-state index is 12.2. The number of rotatable bonds is 3. The monoisotopic (exact) mass is 351 g/mol. The summed E-state index contributed by atoms with van der Waals surface area (Å²) in [6, 6.07) is 12.0. The molecule has 1 N–H and O–H groups in total. The summed E-state index contributed by atoms with van der Waals surface area (Å²) >= 11 is 9.35. The summed E-state index contributed by atoms with van der Waals surface area (Å²) < 4.78 is 0.645. The number of ketones is 1. The highest BCUT2D eigenvalue weighted by molar-refractivity contribution is 9.10. The van der Waals surface area contributed by atoms with Crippen LogP contribution in [0, 0.1) is 0 Å². The minimum Gasteiger partial charge on any atom is -0.321 e. The number of carbonyl (C=O) groups excluding carboxylic acids is 2. The zero-order valence-corrected chi connectivity index (χ0v) is 13.0. The zero-order valence-electron chi connectivity index (χ0n) is 10.6. The molecule has 1 amide bonds. The number of amides is 1. The van der Waals surface area contributed by atoms with E-state index in [0.717, 1.165) is 0 Å². The highest BCUT2D eigenvalue weighted by Crippen LogP contribution is 2.27. The summed E-state index contributed by atoms with van der Waals surface area (Å²) in [7, 11) is 0. The highest BCUT2D eigenvalue weighted by Gasteiger charge is 2.15. The molecule has 0 saturated carbocycles. The molecule has 0 aliphatic carbocycles. The third kappa shape index (κ3) is 3.08. The molecule has 0 saturated heterocycles. The van der Waals surface area contributed by atoms with Gasteiger partial charge in [-0.05, 0) is 47.1 Å². The SMILES string of the molecule is CC(=O)c1ccccc1NC(=O)c1cccc(Br)c1Cl. The van der Waals surface area contributed by atoms with E-state index in [0.29, 0.717) is 26.3 Å². The van der Waals surface area contributed by atoms with Gasteiger partial charge >= 0.3 is 0 Å².